The van der Waals surface area contributed by atoms with Gasteiger partial charge in [0.1, 0.15) is 5.60 Å². The van der Waals surface area contributed by atoms with Gasteiger partial charge in [-0.15, -0.1) is 0 Å². The fraction of sp³-hybridized carbons (Fsp3) is 0.421. The molecule has 2 aromatic rings. The summed E-state index contributed by atoms with van der Waals surface area (Å²) in [7, 11) is 0. The van der Waals surface area contributed by atoms with Crippen LogP contribution < -0.4 is 0 Å². The van der Waals surface area contributed by atoms with Gasteiger partial charge in [-0.05, 0) is 38.3 Å². The lowest BCUT2D eigenvalue weighted by Crippen LogP contribution is -2.23. The molecule has 148 valence electrons. The Balaban J connectivity index is 1.95. The molecule has 9 heteroatoms. The van der Waals surface area contributed by atoms with Crippen molar-refractivity contribution in [2.75, 3.05) is 5.33 Å². The standard InChI is InChI=1S/C19H16BrF3N2O3/c1-17-5-6-18(28-17,7-8-20)14-13(17)15(26)25(16(14)27)10-3-4-12(24-2)11(9-10)19(21,22)23/h3-4,9,26-27H,5-8H2,1H3. The quantitative estimate of drug-likeness (QED) is 0.474. The van der Waals surface area contributed by atoms with Crippen molar-refractivity contribution in [1.29, 1.82) is 0 Å². The summed E-state index contributed by atoms with van der Waals surface area (Å²) in [5.41, 5.74) is -2.48. The summed E-state index contributed by atoms with van der Waals surface area (Å²) in [4.78, 5) is 2.92. The molecule has 5 nitrogen and oxygen atoms in total. The van der Waals surface area contributed by atoms with Crippen molar-refractivity contribution >= 4 is 21.6 Å². The summed E-state index contributed by atoms with van der Waals surface area (Å²) in [5, 5.41) is 22.3. The Bertz CT molecular complexity index is 1020. The summed E-state index contributed by atoms with van der Waals surface area (Å²) in [6.07, 6.45) is -2.91. The van der Waals surface area contributed by atoms with Crippen LogP contribution >= 0.6 is 15.9 Å². The van der Waals surface area contributed by atoms with Crippen molar-refractivity contribution in [3.8, 4) is 17.4 Å². The van der Waals surface area contributed by atoms with Gasteiger partial charge in [0.15, 0.2) is 5.69 Å². The zero-order chi connectivity index (χ0) is 20.5. The lowest BCUT2D eigenvalue weighted by atomic mass is 9.78. The maximum Gasteiger partial charge on any atom is 0.407 e. The van der Waals surface area contributed by atoms with E-state index in [1.165, 1.54) is 6.07 Å². The lowest BCUT2D eigenvalue weighted by molar-refractivity contribution is -0.136. The number of rotatable bonds is 3. The van der Waals surface area contributed by atoms with Crippen molar-refractivity contribution < 1.29 is 28.1 Å². The van der Waals surface area contributed by atoms with Gasteiger partial charge in [-0.2, -0.15) is 13.2 Å². The molecule has 0 spiro atoms. The molecule has 1 aromatic carbocycles. The molecule has 4 rings (SSSR count). The monoisotopic (exact) mass is 456 g/mol. The zero-order valence-electron chi connectivity index (χ0n) is 14.8. The molecule has 28 heavy (non-hydrogen) atoms. The first-order valence-corrected chi connectivity index (χ1v) is 9.73. The third-order valence-corrected chi connectivity index (χ3v) is 6.09. The minimum absolute atomic E-state index is 0.0684. The Hall–Kier alpha value is -2.18. The molecular weight excluding hydrogens is 441 g/mol. The van der Waals surface area contributed by atoms with E-state index < -0.39 is 28.6 Å². The largest absolute Gasteiger partial charge is 0.494 e. The fourth-order valence-corrected chi connectivity index (χ4v) is 5.13. The average Bonchev–Trinajstić information content (AvgIpc) is 3.19. The first kappa shape index (κ1) is 19.2. The van der Waals surface area contributed by atoms with Gasteiger partial charge in [0.25, 0.3) is 0 Å². The molecule has 2 N–H and O–H groups in total. The molecule has 3 heterocycles. The van der Waals surface area contributed by atoms with E-state index in [1.54, 1.807) is 0 Å². The lowest BCUT2D eigenvalue weighted by Gasteiger charge is -2.25. The van der Waals surface area contributed by atoms with Gasteiger partial charge in [0.2, 0.25) is 11.8 Å². The molecule has 0 saturated carbocycles. The van der Waals surface area contributed by atoms with Crippen LogP contribution in [-0.4, -0.2) is 20.1 Å². The number of fused-ring (bicyclic) bond motifs is 5. The Kier molecular flexibility index (Phi) is 4.04. The van der Waals surface area contributed by atoms with Crippen molar-refractivity contribution in [1.82, 2.24) is 4.57 Å². The van der Waals surface area contributed by atoms with Crippen molar-refractivity contribution in [2.24, 2.45) is 0 Å². The molecule has 0 radical (unpaired) electrons. The van der Waals surface area contributed by atoms with Gasteiger partial charge >= 0.3 is 6.18 Å². The van der Waals surface area contributed by atoms with E-state index in [0.29, 0.717) is 35.7 Å². The van der Waals surface area contributed by atoms with Crippen LogP contribution in [0, 0.1) is 6.57 Å². The summed E-state index contributed by atoms with van der Waals surface area (Å²) in [6.45, 7) is 8.77. The van der Waals surface area contributed by atoms with Crippen molar-refractivity contribution in [3.63, 3.8) is 0 Å². The van der Waals surface area contributed by atoms with Crippen LogP contribution in [-0.2, 0) is 22.1 Å². The van der Waals surface area contributed by atoms with E-state index in [0.717, 1.165) is 16.7 Å². The molecular formula is C19H16BrF3N2O3. The third-order valence-electron chi connectivity index (χ3n) is 5.69. The Morgan fingerprint density at radius 2 is 1.93 bits per heavy atom. The highest BCUT2D eigenvalue weighted by Crippen LogP contribution is 2.65. The summed E-state index contributed by atoms with van der Waals surface area (Å²) >= 11 is 3.38. The molecule has 2 bridgehead atoms. The van der Waals surface area contributed by atoms with Crippen LogP contribution in [0.4, 0.5) is 18.9 Å². The second-order valence-electron chi connectivity index (χ2n) is 7.31. The predicted molar refractivity (Wildman–Crippen MR) is 98.1 cm³/mol. The van der Waals surface area contributed by atoms with Crippen LogP contribution in [0.2, 0.25) is 0 Å². The fourth-order valence-electron chi connectivity index (χ4n) is 4.49. The molecule has 1 fully saturated rings. The molecule has 0 amide bonds. The molecule has 2 aliphatic rings. The van der Waals surface area contributed by atoms with E-state index in [1.807, 2.05) is 6.92 Å². The Morgan fingerprint density at radius 3 is 2.54 bits per heavy atom. The maximum atomic E-state index is 13.3. The SMILES string of the molecule is [C-]#[N+]c1ccc(-n2c(O)c3c(c2O)C2(CCBr)CCC3(C)O2)cc1C(F)(F)F. The normalized spacial score (nSPS) is 25.7. The molecule has 2 atom stereocenters. The van der Waals surface area contributed by atoms with Crippen LogP contribution in [0.15, 0.2) is 18.2 Å². The average molecular weight is 457 g/mol. The van der Waals surface area contributed by atoms with E-state index >= 15 is 0 Å². The first-order valence-electron chi connectivity index (χ1n) is 8.61. The van der Waals surface area contributed by atoms with Crippen molar-refractivity contribution in [2.45, 2.75) is 43.6 Å². The number of halogens is 4. The number of hydrogen-bond acceptors (Lipinski definition) is 3. The van der Waals surface area contributed by atoms with Crippen LogP contribution in [0.25, 0.3) is 10.5 Å². The number of ether oxygens (including phenoxy) is 1. The van der Waals surface area contributed by atoms with Gasteiger partial charge in [0, 0.05) is 5.33 Å². The molecule has 2 aliphatic heterocycles. The van der Waals surface area contributed by atoms with E-state index in [9.17, 15) is 23.4 Å². The number of nitrogens with zero attached hydrogens (tertiary/aromatic N) is 2. The van der Waals surface area contributed by atoms with Gasteiger partial charge in [0.05, 0.1) is 34.6 Å². The highest BCUT2D eigenvalue weighted by Gasteiger charge is 2.61. The number of benzene rings is 1. The second kappa shape index (κ2) is 5.91. The minimum Gasteiger partial charge on any atom is -0.494 e. The van der Waals surface area contributed by atoms with Crippen molar-refractivity contribution in [3.05, 3.63) is 46.3 Å². The first-order chi connectivity index (χ1) is 13.1. The number of aromatic nitrogens is 1. The van der Waals surface area contributed by atoms with Gasteiger partial charge in [-0.25, -0.2) is 4.85 Å². The van der Waals surface area contributed by atoms with E-state index in [4.69, 9.17) is 11.3 Å². The molecule has 2 unspecified atom stereocenters. The number of aromatic hydroxyl groups is 2. The highest BCUT2D eigenvalue weighted by atomic mass is 79.9. The molecule has 1 aromatic heterocycles. The second-order valence-corrected chi connectivity index (χ2v) is 8.10. The van der Waals surface area contributed by atoms with E-state index in [-0.39, 0.29) is 17.4 Å². The van der Waals surface area contributed by atoms with Crippen LogP contribution in [0.3, 0.4) is 0 Å². The maximum absolute atomic E-state index is 13.3. The topological polar surface area (TPSA) is 59.0 Å². The van der Waals surface area contributed by atoms with Crippen LogP contribution in [0.5, 0.6) is 11.8 Å². The van der Waals surface area contributed by atoms with Crippen LogP contribution in [0.1, 0.15) is 42.9 Å². The smallest absolute Gasteiger partial charge is 0.407 e. The summed E-state index contributed by atoms with van der Waals surface area (Å²) in [5.74, 6) is -0.671. The van der Waals surface area contributed by atoms with Gasteiger partial charge < -0.3 is 14.9 Å². The summed E-state index contributed by atoms with van der Waals surface area (Å²) in [6, 6.07) is 3.08. The van der Waals surface area contributed by atoms with Gasteiger partial charge in [-0.3, -0.25) is 4.57 Å². The Labute approximate surface area is 167 Å². The minimum atomic E-state index is -4.73. The molecule has 1 saturated heterocycles. The van der Waals surface area contributed by atoms with E-state index in [2.05, 4.69) is 20.8 Å². The number of hydrogen-bond donors (Lipinski definition) is 2. The number of alkyl halides is 4. The third kappa shape index (κ3) is 2.40. The van der Waals surface area contributed by atoms with Gasteiger partial charge in [-0.1, -0.05) is 22.0 Å². The predicted octanol–water partition coefficient (Wildman–Crippen LogP) is 5.48. The zero-order valence-corrected chi connectivity index (χ0v) is 16.4. The molecule has 0 aliphatic carbocycles. The highest BCUT2D eigenvalue weighted by molar-refractivity contribution is 9.09. The Morgan fingerprint density at radius 1 is 1.25 bits per heavy atom. The summed E-state index contributed by atoms with van der Waals surface area (Å²) < 4.78 is 47.2.